The molecule has 0 unspecified atom stereocenters. The summed E-state index contributed by atoms with van der Waals surface area (Å²) < 4.78 is 6.94. The van der Waals surface area contributed by atoms with Gasteiger partial charge in [0.2, 0.25) is 0 Å². The van der Waals surface area contributed by atoms with Crippen LogP contribution in [0.1, 0.15) is 21.7 Å². The lowest BCUT2D eigenvalue weighted by Crippen LogP contribution is -2.48. The van der Waals surface area contributed by atoms with E-state index < -0.39 is 0 Å². The first kappa shape index (κ1) is 19.1. The second-order valence-electron chi connectivity index (χ2n) is 7.14. The number of piperazine rings is 1. The molecular weight excluding hydrogens is 368 g/mol. The number of benzene rings is 2. The number of hydrogen-bond acceptors (Lipinski definition) is 6. The van der Waals surface area contributed by atoms with E-state index in [2.05, 4.69) is 20.4 Å². The molecule has 4 rings (SSSR count). The summed E-state index contributed by atoms with van der Waals surface area (Å²) in [6, 6.07) is 15.4. The van der Waals surface area contributed by atoms with Gasteiger partial charge in [-0.05, 0) is 53.7 Å². The maximum Gasteiger partial charge on any atom is 0.253 e. The van der Waals surface area contributed by atoms with Gasteiger partial charge in [0.1, 0.15) is 5.75 Å². The molecule has 1 aromatic heterocycles. The van der Waals surface area contributed by atoms with Crippen molar-refractivity contribution in [1.29, 1.82) is 0 Å². The van der Waals surface area contributed by atoms with E-state index in [9.17, 15) is 4.79 Å². The van der Waals surface area contributed by atoms with Gasteiger partial charge in [-0.3, -0.25) is 9.69 Å². The molecule has 150 valence electrons. The Labute approximate surface area is 169 Å². The van der Waals surface area contributed by atoms with Crippen LogP contribution in [0.15, 0.2) is 48.5 Å². The molecule has 8 heteroatoms. The van der Waals surface area contributed by atoms with Gasteiger partial charge in [-0.2, -0.15) is 4.68 Å². The highest BCUT2D eigenvalue weighted by Gasteiger charge is 2.23. The average molecular weight is 392 g/mol. The standard InChI is InChI=1S/C21H24N6O2/c1-16-3-5-17(6-4-16)21(28)26-13-11-25(12-14-26)15-20-22-23-24-27(20)18-7-9-19(29-2)10-8-18/h3-10H,11-15H2,1-2H3. The van der Waals surface area contributed by atoms with Crippen LogP contribution in [-0.4, -0.2) is 69.2 Å². The van der Waals surface area contributed by atoms with E-state index >= 15 is 0 Å². The molecule has 1 aliphatic heterocycles. The highest BCUT2D eigenvalue weighted by atomic mass is 16.5. The van der Waals surface area contributed by atoms with Crippen LogP contribution in [0.3, 0.4) is 0 Å². The number of aromatic nitrogens is 4. The zero-order valence-corrected chi connectivity index (χ0v) is 16.7. The van der Waals surface area contributed by atoms with Crippen LogP contribution in [0.4, 0.5) is 0 Å². The van der Waals surface area contributed by atoms with Crippen molar-refractivity contribution in [3.8, 4) is 11.4 Å². The molecule has 1 saturated heterocycles. The third-order valence-corrected chi connectivity index (χ3v) is 5.17. The molecule has 2 heterocycles. The third kappa shape index (κ3) is 4.27. The zero-order chi connectivity index (χ0) is 20.2. The van der Waals surface area contributed by atoms with E-state index in [1.165, 1.54) is 0 Å². The quantitative estimate of drug-likeness (QED) is 0.661. The maximum absolute atomic E-state index is 12.7. The van der Waals surface area contributed by atoms with Crippen molar-refractivity contribution in [1.82, 2.24) is 30.0 Å². The van der Waals surface area contributed by atoms with Crippen molar-refractivity contribution in [2.24, 2.45) is 0 Å². The van der Waals surface area contributed by atoms with Gasteiger partial charge in [-0.25, -0.2) is 0 Å². The molecule has 8 nitrogen and oxygen atoms in total. The van der Waals surface area contributed by atoms with E-state index in [0.29, 0.717) is 19.6 Å². The number of hydrogen-bond donors (Lipinski definition) is 0. The fourth-order valence-corrected chi connectivity index (χ4v) is 3.42. The fourth-order valence-electron chi connectivity index (χ4n) is 3.42. The summed E-state index contributed by atoms with van der Waals surface area (Å²) in [7, 11) is 1.64. The molecule has 0 spiro atoms. The number of aryl methyl sites for hydroxylation is 1. The summed E-state index contributed by atoms with van der Waals surface area (Å²) in [5.74, 6) is 1.65. The Balaban J connectivity index is 1.37. The van der Waals surface area contributed by atoms with Crippen LogP contribution in [-0.2, 0) is 6.54 Å². The largest absolute Gasteiger partial charge is 0.497 e. The molecule has 3 aromatic rings. The summed E-state index contributed by atoms with van der Waals surface area (Å²) in [6.45, 7) is 5.60. The van der Waals surface area contributed by atoms with Crippen LogP contribution < -0.4 is 4.74 Å². The lowest BCUT2D eigenvalue weighted by Gasteiger charge is -2.34. The van der Waals surface area contributed by atoms with E-state index in [1.54, 1.807) is 11.8 Å². The summed E-state index contributed by atoms with van der Waals surface area (Å²) in [5.41, 5.74) is 2.78. The number of carbonyl (C=O) groups excluding carboxylic acids is 1. The molecular formula is C21H24N6O2. The number of carbonyl (C=O) groups is 1. The van der Waals surface area contributed by atoms with Crippen molar-refractivity contribution < 1.29 is 9.53 Å². The van der Waals surface area contributed by atoms with Gasteiger partial charge in [0.25, 0.3) is 5.91 Å². The zero-order valence-electron chi connectivity index (χ0n) is 16.7. The Hall–Kier alpha value is -3.26. The van der Waals surface area contributed by atoms with Crippen LogP contribution in [0, 0.1) is 6.92 Å². The minimum absolute atomic E-state index is 0.0905. The summed E-state index contributed by atoms with van der Waals surface area (Å²) >= 11 is 0. The predicted molar refractivity (Wildman–Crippen MR) is 108 cm³/mol. The third-order valence-electron chi connectivity index (χ3n) is 5.17. The Morgan fingerprint density at radius 1 is 1.00 bits per heavy atom. The lowest BCUT2D eigenvalue weighted by molar-refractivity contribution is 0.0624. The summed E-state index contributed by atoms with van der Waals surface area (Å²) in [4.78, 5) is 16.9. The smallest absolute Gasteiger partial charge is 0.253 e. The molecule has 1 fully saturated rings. The summed E-state index contributed by atoms with van der Waals surface area (Å²) in [6.07, 6.45) is 0. The maximum atomic E-state index is 12.7. The van der Waals surface area contributed by atoms with Crippen molar-refractivity contribution in [2.45, 2.75) is 13.5 Å². The molecule has 0 N–H and O–H groups in total. The summed E-state index contributed by atoms with van der Waals surface area (Å²) in [5, 5.41) is 12.1. The monoisotopic (exact) mass is 392 g/mol. The normalized spacial score (nSPS) is 14.8. The van der Waals surface area contributed by atoms with Gasteiger partial charge >= 0.3 is 0 Å². The number of rotatable bonds is 5. The molecule has 0 aliphatic carbocycles. The molecule has 29 heavy (non-hydrogen) atoms. The Kier molecular flexibility index (Phi) is 5.53. The first-order valence-electron chi connectivity index (χ1n) is 9.64. The second-order valence-corrected chi connectivity index (χ2v) is 7.14. The predicted octanol–water partition coefficient (Wildman–Crippen LogP) is 1.94. The topological polar surface area (TPSA) is 76.4 Å². The van der Waals surface area contributed by atoms with Gasteiger partial charge in [0.15, 0.2) is 5.82 Å². The van der Waals surface area contributed by atoms with E-state index in [1.807, 2.05) is 60.4 Å². The molecule has 0 radical (unpaired) electrons. The van der Waals surface area contributed by atoms with E-state index in [4.69, 9.17) is 4.74 Å². The molecule has 0 saturated carbocycles. The first-order chi connectivity index (χ1) is 14.1. The number of amides is 1. The Morgan fingerprint density at radius 2 is 1.69 bits per heavy atom. The number of nitrogens with zero attached hydrogens (tertiary/aromatic N) is 6. The lowest BCUT2D eigenvalue weighted by atomic mass is 10.1. The average Bonchev–Trinajstić information content (AvgIpc) is 3.22. The SMILES string of the molecule is COc1ccc(-n2nnnc2CN2CCN(C(=O)c3ccc(C)cc3)CC2)cc1. The molecule has 1 aliphatic rings. The molecule has 0 atom stereocenters. The molecule has 1 amide bonds. The second kappa shape index (κ2) is 8.40. The number of tetrazole rings is 1. The molecule has 0 bridgehead atoms. The number of ether oxygens (including phenoxy) is 1. The van der Waals surface area contributed by atoms with Gasteiger partial charge in [-0.15, -0.1) is 5.10 Å². The van der Waals surface area contributed by atoms with Gasteiger partial charge in [-0.1, -0.05) is 17.7 Å². The van der Waals surface area contributed by atoms with Crippen LogP contribution in [0.25, 0.3) is 5.69 Å². The van der Waals surface area contributed by atoms with Crippen molar-refractivity contribution in [2.75, 3.05) is 33.3 Å². The molecule has 2 aromatic carbocycles. The van der Waals surface area contributed by atoms with Crippen molar-refractivity contribution in [3.63, 3.8) is 0 Å². The van der Waals surface area contributed by atoms with E-state index in [0.717, 1.165) is 41.5 Å². The Morgan fingerprint density at radius 3 is 2.34 bits per heavy atom. The number of methoxy groups -OCH3 is 1. The van der Waals surface area contributed by atoms with Crippen molar-refractivity contribution in [3.05, 3.63) is 65.5 Å². The minimum atomic E-state index is 0.0905. The van der Waals surface area contributed by atoms with Gasteiger partial charge in [0, 0.05) is 31.7 Å². The van der Waals surface area contributed by atoms with Crippen LogP contribution >= 0.6 is 0 Å². The van der Waals surface area contributed by atoms with Crippen LogP contribution in [0.5, 0.6) is 5.75 Å². The fraction of sp³-hybridized carbons (Fsp3) is 0.333. The van der Waals surface area contributed by atoms with E-state index in [-0.39, 0.29) is 5.91 Å². The van der Waals surface area contributed by atoms with Gasteiger partial charge in [0.05, 0.1) is 19.3 Å². The highest BCUT2D eigenvalue weighted by molar-refractivity contribution is 5.94. The highest BCUT2D eigenvalue weighted by Crippen LogP contribution is 2.16. The first-order valence-corrected chi connectivity index (χ1v) is 9.64. The van der Waals surface area contributed by atoms with Crippen LogP contribution in [0.2, 0.25) is 0 Å². The van der Waals surface area contributed by atoms with Gasteiger partial charge < -0.3 is 9.64 Å². The van der Waals surface area contributed by atoms with Crippen molar-refractivity contribution >= 4 is 5.91 Å². The minimum Gasteiger partial charge on any atom is -0.497 e. The Bertz CT molecular complexity index is 960.